The van der Waals surface area contributed by atoms with Gasteiger partial charge in [0.15, 0.2) is 0 Å². The van der Waals surface area contributed by atoms with E-state index in [1.165, 1.54) is 7.11 Å². The molecule has 0 aromatic heterocycles. The summed E-state index contributed by atoms with van der Waals surface area (Å²) in [6, 6.07) is 11.7. The van der Waals surface area contributed by atoms with E-state index in [9.17, 15) is 9.59 Å². The monoisotopic (exact) mass is 312 g/mol. The van der Waals surface area contributed by atoms with Crippen LogP contribution in [-0.2, 0) is 11.2 Å². The van der Waals surface area contributed by atoms with Crippen molar-refractivity contribution >= 4 is 23.4 Å². The van der Waals surface area contributed by atoms with Gasteiger partial charge in [-0.2, -0.15) is 0 Å². The van der Waals surface area contributed by atoms with Gasteiger partial charge in [0, 0.05) is 17.8 Å². The highest BCUT2D eigenvalue weighted by Crippen LogP contribution is 2.27. The highest BCUT2D eigenvalue weighted by Gasteiger charge is 2.13. The van der Waals surface area contributed by atoms with Gasteiger partial charge in [-0.25, -0.2) is 9.59 Å². The zero-order chi connectivity index (χ0) is 16.2. The molecule has 2 aromatic rings. The third kappa shape index (κ3) is 3.42. The van der Waals surface area contributed by atoms with Gasteiger partial charge in [-0.05, 0) is 48.0 Å². The summed E-state index contributed by atoms with van der Waals surface area (Å²) in [4.78, 5) is 23.4. The van der Waals surface area contributed by atoms with Crippen molar-refractivity contribution in [2.75, 3.05) is 24.4 Å². The molecular formula is C17H16N2O4. The van der Waals surface area contributed by atoms with Crippen molar-refractivity contribution in [1.29, 1.82) is 0 Å². The Morgan fingerprint density at radius 3 is 2.48 bits per heavy atom. The number of methoxy groups -OCH3 is 1. The first kappa shape index (κ1) is 14.9. The van der Waals surface area contributed by atoms with Crippen LogP contribution < -0.4 is 15.4 Å². The molecule has 3 rings (SSSR count). The van der Waals surface area contributed by atoms with Gasteiger partial charge < -0.3 is 20.1 Å². The van der Waals surface area contributed by atoms with E-state index in [4.69, 9.17) is 4.74 Å². The molecule has 0 aliphatic carbocycles. The summed E-state index contributed by atoms with van der Waals surface area (Å²) in [5, 5.41) is 5.48. The number of rotatable bonds is 3. The number of anilines is 2. The molecule has 6 heteroatoms. The maximum Gasteiger partial charge on any atom is 0.337 e. The molecule has 0 saturated heterocycles. The minimum absolute atomic E-state index is 0.352. The highest BCUT2D eigenvalue weighted by atomic mass is 16.5. The molecule has 0 atom stereocenters. The standard InChI is InChI=1S/C17H16N2O4/c1-22-16(20)11-2-4-13(5-3-11)18-17(21)19-14-6-7-15-12(10-14)8-9-23-15/h2-7,10H,8-9H2,1H3,(H2,18,19,21). The number of fused-ring (bicyclic) bond motifs is 1. The Hall–Kier alpha value is -3.02. The number of ether oxygens (including phenoxy) is 2. The van der Waals surface area contributed by atoms with Crippen molar-refractivity contribution in [2.45, 2.75) is 6.42 Å². The number of nitrogens with one attached hydrogen (secondary N) is 2. The molecule has 2 amide bonds. The molecule has 0 radical (unpaired) electrons. The molecule has 1 aliphatic heterocycles. The number of hydrogen-bond donors (Lipinski definition) is 2. The summed E-state index contributed by atoms with van der Waals surface area (Å²) in [6.45, 7) is 0.678. The van der Waals surface area contributed by atoms with Gasteiger partial charge in [0.25, 0.3) is 0 Å². The lowest BCUT2D eigenvalue weighted by molar-refractivity contribution is 0.0601. The number of hydrogen-bond acceptors (Lipinski definition) is 4. The van der Waals surface area contributed by atoms with Crippen LogP contribution >= 0.6 is 0 Å². The molecule has 0 bridgehead atoms. The van der Waals surface area contributed by atoms with Crippen LogP contribution in [0, 0.1) is 0 Å². The summed E-state index contributed by atoms with van der Waals surface area (Å²) in [7, 11) is 1.32. The Bertz CT molecular complexity index is 741. The predicted molar refractivity (Wildman–Crippen MR) is 86.1 cm³/mol. The van der Waals surface area contributed by atoms with Crippen molar-refractivity contribution in [1.82, 2.24) is 0 Å². The lowest BCUT2D eigenvalue weighted by atomic mass is 10.1. The van der Waals surface area contributed by atoms with Crippen molar-refractivity contribution in [2.24, 2.45) is 0 Å². The second-order valence-electron chi connectivity index (χ2n) is 5.07. The Labute approximate surface area is 133 Å². The molecule has 1 heterocycles. The molecule has 0 fully saturated rings. The molecule has 1 aliphatic rings. The van der Waals surface area contributed by atoms with Crippen molar-refractivity contribution < 1.29 is 19.1 Å². The first-order valence-electron chi connectivity index (χ1n) is 7.18. The normalized spacial score (nSPS) is 12.0. The summed E-state index contributed by atoms with van der Waals surface area (Å²) in [6.07, 6.45) is 0.849. The van der Waals surface area contributed by atoms with Gasteiger partial charge in [0.2, 0.25) is 0 Å². The molecule has 0 saturated carbocycles. The molecule has 118 valence electrons. The summed E-state index contributed by atoms with van der Waals surface area (Å²) in [5.74, 6) is 0.454. The highest BCUT2D eigenvalue weighted by molar-refractivity contribution is 6.00. The smallest absolute Gasteiger partial charge is 0.337 e. The fraction of sp³-hybridized carbons (Fsp3) is 0.176. The topological polar surface area (TPSA) is 76.7 Å². The van der Waals surface area contributed by atoms with E-state index in [0.717, 1.165) is 17.7 Å². The molecule has 23 heavy (non-hydrogen) atoms. The fourth-order valence-electron chi connectivity index (χ4n) is 2.37. The Balaban J connectivity index is 1.62. The largest absolute Gasteiger partial charge is 0.493 e. The van der Waals surface area contributed by atoms with E-state index in [1.807, 2.05) is 12.1 Å². The SMILES string of the molecule is COC(=O)c1ccc(NC(=O)Nc2ccc3c(c2)CCO3)cc1. The van der Waals surface area contributed by atoms with E-state index in [2.05, 4.69) is 15.4 Å². The minimum Gasteiger partial charge on any atom is -0.493 e. The summed E-state index contributed by atoms with van der Waals surface area (Å²) in [5.41, 5.74) is 2.81. The zero-order valence-corrected chi connectivity index (χ0v) is 12.6. The first-order valence-corrected chi connectivity index (χ1v) is 7.18. The summed E-state index contributed by atoms with van der Waals surface area (Å²) < 4.78 is 10.1. The van der Waals surface area contributed by atoms with Crippen LogP contribution in [0.2, 0.25) is 0 Å². The number of carbonyl (C=O) groups is 2. The molecular weight excluding hydrogens is 296 g/mol. The van der Waals surface area contributed by atoms with Crippen LogP contribution in [0.15, 0.2) is 42.5 Å². The molecule has 0 spiro atoms. The Kier molecular flexibility index (Phi) is 4.14. The van der Waals surface area contributed by atoms with Crippen LogP contribution in [0.3, 0.4) is 0 Å². The lowest BCUT2D eigenvalue weighted by Gasteiger charge is -2.09. The number of benzene rings is 2. The quantitative estimate of drug-likeness (QED) is 0.854. The maximum atomic E-state index is 12.0. The maximum absolute atomic E-state index is 12.0. The van der Waals surface area contributed by atoms with E-state index < -0.39 is 5.97 Å². The van der Waals surface area contributed by atoms with Crippen LogP contribution in [0.5, 0.6) is 5.75 Å². The van der Waals surface area contributed by atoms with Gasteiger partial charge >= 0.3 is 12.0 Å². The molecule has 2 aromatic carbocycles. The number of esters is 1. The zero-order valence-electron chi connectivity index (χ0n) is 12.6. The van der Waals surface area contributed by atoms with Crippen molar-refractivity contribution in [3.63, 3.8) is 0 Å². The minimum atomic E-state index is -0.415. The van der Waals surface area contributed by atoms with E-state index >= 15 is 0 Å². The Morgan fingerprint density at radius 2 is 1.74 bits per heavy atom. The number of carbonyl (C=O) groups excluding carboxylic acids is 2. The third-order valence-corrected chi connectivity index (χ3v) is 3.51. The van der Waals surface area contributed by atoms with Crippen LogP contribution in [-0.4, -0.2) is 25.7 Å². The first-order chi connectivity index (χ1) is 11.2. The average molecular weight is 312 g/mol. The Morgan fingerprint density at radius 1 is 1.04 bits per heavy atom. The predicted octanol–water partition coefficient (Wildman–Crippen LogP) is 3.05. The molecule has 2 N–H and O–H groups in total. The number of amides is 2. The van der Waals surface area contributed by atoms with E-state index in [1.54, 1.807) is 30.3 Å². The third-order valence-electron chi connectivity index (χ3n) is 3.51. The van der Waals surface area contributed by atoms with Crippen molar-refractivity contribution in [3.8, 4) is 5.75 Å². The van der Waals surface area contributed by atoms with Crippen LogP contribution in [0.4, 0.5) is 16.2 Å². The fourth-order valence-corrected chi connectivity index (χ4v) is 2.37. The number of urea groups is 1. The van der Waals surface area contributed by atoms with Gasteiger partial charge in [0.1, 0.15) is 5.75 Å². The molecule has 6 nitrogen and oxygen atoms in total. The van der Waals surface area contributed by atoms with Crippen LogP contribution in [0.25, 0.3) is 0 Å². The second-order valence-corrected chi connectivity index (χ2v) is 5.07. The van der Waals surface area contributed by atoms with Crippen LogP contribution in [0.1, 0.15) is 15.9 Å². The van der Waals surface area contributed by atoms with E-state index in [-0.39, 0.29) is 6.03 Å². The van der Waals surface area contributed by atoms with Gasteiger partial charge in [-0.3, -0.25) is 0 Å². The van der Waals surface area contributed by atoms with Crippen molar-refractivity contribution in [3.05, 3.63) is 53.6 Å². The summed E-state index contributed by atoms with van der Waals surface area (Å²) >= 11 is 0. The second kappa shape index (κ2) is 6.39. The molecule has 0 unspecified atom stereocenters. The average Bonchev–Trinajstić information content (AvgIpc) is 3.02. The van der Waals surface area contributed by atoms with Gasteiger partial charge in [0.05, 0.1) is 19.3 Å². The van der Waals surface area contributed by atoms with Gasteiger partial charge in [-0.15, -0.1) is 0 Å². The van der Waals surface area contributed by atoms with Gasteiger partial charge in [-0.1, -0.05) is 0 Å². The van der Waals surface area contributed by atoms with E-state index in [0.29, 0.717) is 23.5 Å². The lowest BCUT2D eigenvalue weighted by Crippen LogP contribution is -2.19.